The molecule has 0 unspecified atom stereocenters. The summed E-state index contributed by atoms with van der Waals surface area (Å²) in [5.41, 5.74) is 0. The lowest BCUT2D eigenvalue weighted by Gasteiger charge is -1.93. The molecule has 0 saturated carbocycles. The fraction of sp³-hybridized carbons (Fsp3) is 0.375. The Hall–Kier alpha value is -1.25. The second-order valence-corrected chi connectivity index (χ2v) is 1.76. The molecular formula is C8H14N2O. The Bertz CT molecular complexity index is 192. The third-order valence-electron chi connectivity index (χ3n) is 0.909. The topological polar surface area (TPSA) is 44.9 Å². The molecule has 1 aromatic rings. The van der Waals surface area contributed by atoms with E-state index < -0.39 is 0 Å². The maximum atomic E-state index is 10.4. The first-order valence-corrected chi connectivity index (χ1v) is 3.70. The molecule has 0 aliphatic rings. The van der Waals surface area contributed by atoms with Crippen LogP contribution in [0.15, 0.2) is 18.3 Å². The van der Waals surface area contributed by atoms with E-state index in [0.29, 0.717) is 0 Å². The first-order valence-electron chi connectivity index (χ1n) is 3.70. The summed E-state index contributed by atoms with van der Waals surface area (Å²) >= 11 is 0. The van der Waals surface area contributed by atoms with Gasteiger partial charge in [0.2, 0.25) is 5.91 Å². The molecule has 0 aromatic carbocycles. The van der Waals surface area contributed by atoms with Gasteiger partial charge >= 0.3 is 0 Å². The molecule has 2 N–H and O–H groups in total. The summed E-state index contributed by atoms with van der Waals surface area (Å²) in [4.78, 5) is 13.2. The van der Waals surface area contributed by atoms with E-state index in [4.69, 9.17) is 0 Å². The first-order chi connectivity index (χ1) is 5.29. The van der Waals surface area contributed by atoms with E-state index in [1.165, 1.54) is 6.92 Å². The number of amides is 1. The smallest absolute Gasteiger partial charge is 0.222 e. The first kappa shape index (κ1) is 9.75. The van der Waals surface area contributed by atoms with Crippen LogP contribution in [-0.2, 0) is 4.79 Å². The molecule has 3 heteroatoms. The number of anilines is 1. The number of aromatic nitrogens is 1. The Morgan fingerprint density at radius 3 is 2.55 bits per heavy atom. The third kappa shape index (κ3) is 4.19. The van der Waals surface area contributed by atoms with Crippen LogP contribution in [0, 0.1) is 0 Å². The molecule has 0 spiro atoms. The number of hydrogen-bond donors (Lipinski definition) is 2. The predicted octanol–water partition coefficient (Wildman–Crippen LogP) is 2.00. The number of carbonyl (C=O) groups excluding carboxylic acids is 1. The van der Waals surface area contributed by atoms with Crippen molar-refractivity contribution in [2.75, 3.05) is 5.32 Å². The van der Waals surface area contributed by atoms with Crippen LogP contribution in [0.4, 0.5) is 5.82 Å². The summed E-state index contributed by atoms with van der Waals surface area (Å²) in [6.07, 6.45) is 1.76. The van der Waals surface area contributed by atoms with E-state index >= 15 is 0 Å². The largest absolute Gasteiger partial charge is 0.348 e. The molecule has 11 heavy (non-hydrogen) atoms. The van der Waals surface area contributed by atoms with Crippen LogP contribution in [0.1, 0.15) is 20.8 Å². The summed E-state index contributed by atoms with van der Waals surface area (Å²) in [5, 5.41) is 2.59. The summed E-state index contributed by atoms with van der Waals surface area (Å²) in [5.74, 6) is 0.681. The number of carbonyl (C=O) groups is 1. The minimum atomic E-state index is -0.0579. The van der Waals surface area contributed by atoms with Crippen molar-refractivity contribution in [2.45, 2.75) is 20.8 Å². The molecule has 62 valence electrons. The van der Waals surface area contributed by atoms with Crippen molar-refractivity contribution in [3.05, 3.63) is 18.3 Å². The van der Waals surface area contributed by atoms with Crippen LogP contribution in [0.3, 0.4) is 0 Å². The fourth-order valence-corrected chi connectivity index (χ4v) is 0.598. The molecular weight excluding hydrogens is 140 g/mol. The SMILES string of the molecule is CC.CC(=O)Nc1ccc[nH]1. The number of nitrogens with one attached hydrogen (secondary N) is 2. The van der Waals surface area contributed by atoms with Gasteiger partial charge in [0, 0.05) is 13.1 Å². The van der Waals surface area contributed by atoms with E-state index in [0.717, 1.165) is 5.82 Å². The molecule has 0 radical (unpaired) electrons. The second-order valence-electron chi connectivity index (χ2n) is 1.76. The molecule has 1 aromatic heterocycles. The Morgan fingerprint density at radius 1 is 1.55 bits per heavy atom. The highest BCUT2D eigenvalue weighted by atomic mass is 16.1. The Kier molecular flexibility index (Phi) is 4.90. The number of hydrogen-bond acceptors (Lipinski definition) is 1. The van der Waals surface area contributed by atoms with Crippen LogP contribution in [0.25, 0.3) is 0 Å². The lowest BCUT2D eigenvalue weighted by atomic mass is 10.6. The van der Waals surface area contributed by atoms with Crippen molar-refractivity contribution in [2.24, 2.45) is 0 Å². The highest BCUT2D eigenvalue weighted by molar-refractivity contribution is 5.87. The van der Waals surface area contributed by atoms with E-state index in [1.54, 1.807) is 12.3 Å². The molecule has 0 saturated heterocycles. The van der Waals surface area contributed by atoms with Crippen molar-refractivity contribution < 1.29 is 4.79 Å². The maximum absolute atomic E-state index is 10.4. The Balaban J connectivity index is 0.000000461. The number of H-pyrrole nitrogens is 1. The van der Waals surface area contributed by atoms with Gasteiger partial charge in [-0.2, -0.15) is 0 Å². The van der Waals surface area contributed by atoms with Gasteiger partial charge in [-0.15, -0.1) is 0 Å². The molecule has 1 amide bonds. The predicted molar refractivity (Wildman–Crippen MR) is 46.4 cm³/mol. The molecule has 0 aliphatic heterocycles. The minimum absolute atomic E-state index is 0.0579. The fourth-order valence-electron chi connectivity index (χ4n) is 0.598. The van der Waals surface area contributed by atoms with Gasteiger partial charge in [-0.25, -0.2) is 0 Å². The third-order valence-corrected chi connectivity index (χ3v) is 0.909. The lowest BCUT2D eigenvalue weighted by Crippen LogP contribution is -2.05. The average Bonchev–Trinajstić information content (AvgIpc) is 2.43. The highest BCUT2D eigenvalue weighted by Crippen LogP contribution is 1.99. The standard InChI is InChI=1S/C6H8N2O.C2H6/c1-5(9)8-6-3-2-4-7-6;1-2/h2-4,7H,1H3,(H,8,9);1-2H3. The minimum Gasteiger partial charge on any atom is -0.348 e. The summed E-state index contributed by atoms with van der Waals surface area (Å²) in [6, 6.07) is 3.62. The van der Waals surface area contributed by atoms with Gasteiger partial charge in [0.15, 0.2) is 0 Å². The molecule has 0 bridgehead atoms. The number of aromatic amines is 1. The van der Waals surface area contributed by atoms with Gasteiger partial charge < -0.3 is 10.3 Å². The Labute approximate surface area is 66.8 Å². The van der Waals surface area contributed by atoms with Crippen molar-refractivity contribution in [1.29, 1.82) is 0 Å². The monoisotopic (exact) mass is 154 g/mol. The quantitative estimate of drug-likeness (QED) is 0.638. The second kappa shape index (κ2) is 5.53. The zero-order chi connectivity index (χ0) is 8.69. The molecule has 1 rings (SSSR count). The normalized spacial score (nSPS) is 7.91. The molecule has 0 atom stereocenters. The van der Waals surface area contributed by atoms with E-state index in [2.05, 4.69) is 10.3 Å². The summed E-state index contributed by atoms with van der Waals surface area (Å²) in [7, 11) is 0. The van der Waals surface area contributed by atoms with Gasteiger partial charge in [-0.1, -0.05) is 13.8 Å². The van der Waals surface area contributed by atoms with Crippen molar-refractivity contribution in [3.63, 3.8) is 0 Å². The van der Waals surface area contributed by atoms with Crippen molar-refractivity contribution in [1.82, 2.24) is 4.98 Å². The van der Waals surface area contributed by atoms with Crippen LogP contribution >= 0.6 is 0 Å². The van der Waals surface area contributed by atoms with Crippen LogP contribution in [0.2, 0.25) is 0 Å². The van der Waals surface area contributed by atoms with Crippen LogP contribution < -0.4 is 5.32 Å². The van der Waals surface area contributed by atoms with E-state index in [9.17, 15) is 4.79 Å². The van der Waals surface area contributed by atoms with Gasteiger partial charge in [0.25, 0.3) is 0 Å². The van der Waals surface area contributed by atoms with Gasteiger partial charge in [0.05, 0.1) is 0 Å². The van der Waals surface area contributed by atoms with Gasteiger partial charge in [-0.05, 0) is 12.1 Å². The molecule has 3 nitrogen and oxygen atoms in total. The Morgan fingerprint density at radius 2 is 2.18 bits per heavy atom. The molecule has 0 fully saturated rings. The summed E-state index contributed by atoms with van der Waals surface area (Å²) in [6.45, 7) is 5.47. The molecule has 1 heterocycles. The van der Waals surface area contributed by atoms with Crippen LogP contribution in [-0.4, -0.2) is 10.9 Å². The van der Waals surface area contributed by atoms with Crippen molar-refractivity contribution in [3.8, 4) is 0 Å². The maximum Gasteiger partial charge on any atom is 0.222 e. The van der Waals surface area contributed by atoms with Gasteiger partial charge in [0.1, 0.15) is 5.82 Å². The van der Waals surface area contributed by atoms with Crippen LogP contribution in [0.5, 0.6) is 0 Å². The lowest BCUT2D eigenvalue weighted by molar-refractivity contribution is -0.114. The van der Waals surface area contributed by atoms with E-state index in [-0.39, 0.29) is 5.91 Å². The highest BCUT2D eigenvalue weighted by Gasteiger charge is 1.91. The molecule has 0 aliphatic carbocycles. The number of rotatable bonds is 1. The van der Waals surface area contributed by atoms with Crippen molar-refractivity contribution >= 4 is 11.7 Å². The van der Waals surface area contributed by atoms with Gasteiger partial charge in [-0.3, -0.25) is 4.79 Å². The summed E-state index contributed by atoms with van der Waals surface area (Å²) < 4.78 is 0. The average molecular weight is 154 g/mol. The van der Waals surface area contributed by atoms with E-state index in [1.807, 2.05) is 19.9 Å². The zero-order valence-electron chi connectivity index (χ0n) is 7.14. The zero-order valence-corrected chi connectivity index (χ0v) is 7.14.